The van der Waals surface area contributed by atoms with Gasteiger partial charge in [-0.15, -0.1) is 0 Å². The molecule has 0 bridgehead atoms. The molecule has 164 valence electrons. The zero-order valence-corrected chi connectivity index (χ0v) is 19.0. The minimum Gasteiger partial charge on any atom is -0.507 e. The number of para-hydroxylation sites is 1. The van der Waals surface area contributed by atoms with E-state index in [1.54, 1.807) is 55.5 Å². The number of carbonyl (C=O) groups excluding carboxylic acids is 2. The highest BCUT2D eigenvalue weighted by atomic mass is 79.9. The van der Waals surface area contributed by atoms with Gasteiger partial charge >= 0.3 is 5.91 Å². The number of aryl methyl sites for hydroxylation is 1. The fourth-order valence-electron chi connectivity index (χ4n) is 3.72. The number of ether oxygens (including phenoxy) is 2. The molecule has 0 radical (unpaired) electrons. The van der Waals surface area contributed by atoms with E-state index in [0.29, 0.717) is 28.4 Å². The second-order valence-corrected chi connectivity index (χ2v) is 7.97. The minimum absolute atomic E-state index is 0.0930. The fourth-order valence-corrected chi connectivity index (χ4v) is 3.98. The number of aliphatic hydroxyl groups excluding tert-OH is 1. The Morgan fingerprint density at radius 1 is 1.12 bits per heavy atom. The summed E-state index contributed by atoms with van der Waals surface area (Å²) >= 11 is 3.35. The van der Waals surface area contributed by atoms with Crippen LogP contribution < -0.4 is 14.4 Å². The maximum Gasteiger partial charge on any atom is 0.301 e. The summed E-state index contributed by atoms with van der Waals surface area (Å²) in [7, 11) is 2.95. The van der Waals surface area contributed by atoms with Gasteiger partial charge in [-0.1, -0.05) is 45.4 Å². The SMILES string of the molecule is COc1cccc(C2/C(=C(\O)c3ccc(Br)cc3)C(=O)C(=O)N2c2cc(C)on2)c1OC. The molecule has 1 unspecified atom stereocenters. The van der Waals surface area contributed by atoms with Crippen LogP contribution in [0.5, 0.6) is 11.5 Å². The van der Waals surface area contributed by atoms with Crippen molar-refractivity contribution in [2.45, 2.75) is 13.0 Å². The van der Waals surface area contributed by atoms with Crippen molar-refractivity contribution in [3.8, 4) is 11.5 Å². The summed E-state index contributed by atoms with van der Waals surface area (Å²) in [6.45, 7) is 1.68. The van der Waals surface area contributed by atoms with E-state index in [9.17, 15) is 14.7 Å². The number of amides is 1. The van der Waals surface area contributed by atoms with Crippen molar-refractivity contribution >= 4 is 39.2 Å². The van der Waals surface area contributed by atoms with Crippen molar-refractivity contribution in [2.75, 3.05) is 19.1 Å². The lowest BCUT2D eigenvalue weighted by atomic mass is 9.94. The largest absolute Gasteiger partial charge is 0.507 e. The van der Waals surface area contributed by atoms with Crippen LogP contribution in [0.4, 0.5) is 5.82 Å². The number of anilines is 1. The first-order chi connectivity index (χ1) is 15.4. The highest BCUT2D eigenvalue weighted by Gasteiger charge is 2.49. The Hall–Kier alpha value is -3.59. The summed E-state index contributed by atoms with van der Waals surface area (Å²) in [5.41, 5.74) is 0.740. The minimum atomic E-state index is -1.02. The van der Waals surface area contributed by atoms with Crippen molar-refractivity contribution in [1.29, 1.82) is 0 Å². The van der Waals surface area contributed by atoms with Gasteiger partial charge < -0.3 is 19.1 Å². The molecule has 8 nitrogen and oxygen atoms in total. The van der Waals surface area contributed by atoms with Crippen LogP contribution in [0.15, 0.2) is 63.1 Å². The number of carbonyl (C=O) groups is 2. The van der Waals surface area contributed by atoms with Crippen molar-refractivity contribution in [1.82, 2.24) is 5.16 Å². The summed E-state index contributed by atoms with van der Waals surface area (Å²) in [6.07, 6.45) is 0. The number of methoxy groups -OCH3 is 2. The lowest BCUT2D eigenvalue weighted by Gasteiger charge is -2.25. The normalized spacial score (nSPS) is 17.6. The molecule has 1 atom stereocenters. The molecular formula is C23H19BrN2O6. The lowest BCUT2D eigenvalue weighted by Crippen LogP contribution is -2.30. The predicted octanol–water partition coefficient (Wildman–Crippen LogP) is 4.39. The zero-order chi connectivity index (χ0) is 23.0. The summed E-state index contributed by atoms with van der Waals surface area (Å²) in [5.74, 6) is -0.647. The third kappa shape index (κ3) is 3.54. The monoisotopic (exact) mass is 498 g/mol. The van der Waals surface area contributed by atoms with E-state index in [2.05, 4.69) is 21.1 Å². The van der Waals surface area contributed by atoms with Crippen LogP contribution >= 0.6 is 15.9 Å². The van der Waals surface area contributed by atoms with Crippen LogP contribution in [0.25, 0.3) is 5.76 Å². The summed E-state index contributed by atoms with van der Waals surface area (Å²) in [4.78, 5) is 27.5. The first-order valence-corrected chi connectivity index (χ1v) is 10.4. The van der Waals surface area contributed by atoms with Crippen molar-refractivity contribution < 1.29 is 28.7 Å². The Balaban J connectivity index is 2.01. The maximum absolute atomic E-state index is 13.2. The zero-order valence-electron chi connectivity index (χ0n) is 17.5. The standard InChI is InChI=1S/C23H19BrN2O6/c1-12-11-17(25-32-12)26-19(15-5-4-6-16(30-2)22(15)31-3)18(21(28)23(26)29)20(27)13-7-9-14(24)10-8-13/h4-11,19,27H,1-3H3/b20-18+. The van der Waals surface area contributed by atoms with E-state index in [1.807, 2.05) is 0 Å². The van der Waals surface area contributed by atoms with Crippen molar-refractivity contribution in [3.63, 3.8) is 0 Å². The van der Waals surface area contributed by atoms with Crippen LogP contribution in [-0.2, 0) is 9.59 Å². The number of benzene rings is 2. The quantitative estimate of drug-likeness (QED) is 0.316. The molecule has 1 saturated heterocycles. The van der Waals surface area contributed by atoms with Crippen molar-refractivity contribution in [2.24, 2.45) is 0 Å². The molecule has 2 aromatic carbocycles. The second kappa shape index (κ2) is 8.51. The lowest BCUT2D eigenvalue weighted by molar-refractivity contribution is -0.132. The number of ketones is 1. The van der Waals surface area contributed by atoms with E-state index in [0.717, 1.165) is 4.47 Å². The first-order valence-electron chi connectivity index (χ1n) is 9.58. The van der Waals surface area contributed by atoms with Crippen molar-refractivity contribution in [3.05, 3.63) is 75.5 Å². The molecule has 1 aromatic heterocycles. The van der Waals surface area contributed by atoms with Gasteiger partial charge in [0.2, 0.25) is 0 Å². The molecule has 0 aliphatic carbocycles. The summed E-state index contributed by atoms with van der Waals surface area (Å²) in [6, 6.07) is 12.4. The third-order valence-corrected chi connectivity index (χ3v) is 5.68. The predicted molar refractivity (Wildman–Crippen MR) is 120 cm³/mol. The highest BCUT2D eigenvalue weighted by molar-refractivity contribution is 9.10. The number of aliphatic hydroxyl groups is 1. The van der Waals surface area contributed by atoms with Crippen LogP contribution in [0.3, 0.4) is 0 Å². The Morgan fingerprint density at radius 3 is 2.44 bits per heavy atom. The topological polar surface area (TPSA) is 102 Å². The molecule has 4 rings (SSSR count). The summed E-state index contributed by atoms with van der Waals surface area (Å²) in [5, 5.41) is 15.1. The number of hydrogen-bond donors (Lipinski definition) is 1. The van der Waals surface area contributed by atoms with E-state index in [-0.39, 0.29) is 17.2 Å². The molecule has 9 heteroatoms. The van der Waals surface area contributed by atoms with Gasteiger partial charge in [-0.2, -0.15) is 0 Å². The van der Waals surface area contributed by atoms with Crippen LogP contribution in [0.2, 0.25) is 0 Å². The van der Waals surface area contributed by atoms with Gasteiger partial charge in [-0.25, -0.2) is 0 Å². The van der Waals surface area contributed by atoms with Gasteiger partial charge in [0.05, 0.1) is 19.8 Å². The first kappa shape index (κ1) is 21.6. The smallest absolute Gasteiger partial charge is 0.301 e. The number of aromatic nitrogens is 1. The average Bonchev–Trinajstić information content (AvgIpc) is 3.33. The molecule has 1 aliphatic heterocycles. The van der Waals surface area contributed by atoms with Crippen LogP contribution in [-0.4, -0.2) is 36.2 Å². The summed E-state index contributed by atoms with van der Waals surface area (Å²) < 4.78 is 16.9. The second-order valence-electron chi connectivity index (χ2n) is 7.05. The van der Waals surface area contributed by atoms with Gasteiger partial charge in [-0.3, -0.25) is 14.5 Å². The third-order valence-electron chi connectivity index (χ3n) is 5.15. The average molecular weight is 499 g/mol. The molecule has 32 heavy (non-hydrogen) atoms. The fraction of sp³-hybridized carbons (Fsp3) is 0.174. The molecule has 1 aliphatic rings. The van der Waals surface area contributed by atoms with Gasteiger partial charge in [0, 0.05) is 21.7 Å². The number of hydrogen-bond acceptors (Lipinski definition) is 7. The van der Waals surface area contributed by atoms with Gasteiger partial charge in [0.1, 0.15) is 17.6 Å². The van der Waals surface area contributed by atoms with E-state index in [4.69, 9.17) is 14.0 Å². The Morgan fingerprint density at radius 2 is 1.84 bits per heavy atom. The van der Waals surface area contributed by atoms with Gasteiger partial charge in [0.25, 0.3) is 5.78 Å². The van der Waals surface area contributed by atoms with E-state index >= 15 is 0 Å². The number of rotatable bonds is 5. The molecule has 1 N–H and O–H groups in total. The van der Waals surface area contributed by atoms with E-state index in [1.165, 1.54) is 19.1 Å². The molecule has 0 spiro atoms. The Labute approximate surface area is 192 Å². The Bertz CT molecular complexity index is 1230. The van der Waals surface area contributed by atoms with Gasteiger partial charge in [-0.05, 0) is 25.1 Å². The van der Waals surface area contributed by atoms with Crippen LogP contribution in [0.1, 0.15) is 22.9 Å². The molecular weight excluding hydrogens is 480 g/mol. The number of halogens is 1. The highest BCUT2D eigenvalue weighted by Crippen LogP contribution is 2.47. The molecule has 1 amide bonds. The Kier molecular flexibility index (Phi) is 5.75. The molecule has 0 saturated carbocycles. The number of Topliss-reactive ketones (excluding diaryl/α,β-unsaturated/α-hetero) is 1. The molecule has 2 heterocycles. The maximum atomic E-state index is 13.2. The van der Waals surface area contributed by atoms with Crippen LogP contribution in [0, 0.1) is 6.92 Å². The molecule has 3 aromatic rings. The molecule has 1 fully saturated rings. The number of nitrogens with zero attached hydrogens (tertiary/aromatic N) is 2. The van der Waals surface area contributed by atoms with Gasteiger partial charge in [0.15, 0.2) is 17.3 Å². The van der Waals surface area contributed by atoms with E-state index < -0.39 is 17.7 Å².